The first-order valence-electron chi connectivity index (χ1n) is 6.36. The fourth-order valence-corrected chi connectivity index (χ4v) is 1.99. The average molecular weight is 265 g/mol. The topological polar surface area (TPSA) is 64.4 Å². The van der Waals surface area contributed by atoms with Crippen molar-refractivity contribution in [1.82, 2.24) is 5.32 Å². The summed E-state index contributed by atoms with van der Waals surface area (Å²) in [6, 6.07) is -0.356. The van der Waals surface area contributed by atoms with Crippen LogP contribution < -0.4 is 11.1 Å². The Labute approximate surface area is 110 Å². The van der Waals surface area contributed by atoms with Crippen LogP contribution in [0.3, 0.4) is 0 Å². The van der Waals surface area contributed by atoms with Gasteiger partial charge < -0.3 is 15.8 Å². The summed E-state index contributed by atoms with van der Waals surface area (Å²) in [6.07, 6.45) is 5.19. The third-order valence-corrected chi connectivity index (χ3v) is 3.16. The second-order valence-electron chi connectivity index (χ2n) is 4.47. The lowest BCUT2D eigenvalue weighted by Crippen LogP contribution is -2.47. The molecule has 1 heterocycles. The lowest BCUT2D eigenvalue weighted by atomic mass is 9.92. The highest BCUT2D eigenvalue weighted by Crippen LogP contribution is 2.17. The first kappa shape index (κ1) is 16.7. The Bertz CT molecular complexity index is 209. The van der Waals surface area contributed by atoms with E-state index in [2.05, 4.69) is 12.2 Å². The van der Waals surface area contributed by atoms with Crippen LogP contribution in [0.15, 0.2) is 0 Å². The number of halogens is 1. The van der Waals surface area contributed by atoms with Crippen LogP contribution in [0.1, 0.15) is 39.0 Å². The maximum Gasteiger partial charge on any atom is 0.237 e. The predicted molar refractivity (Wildman–Crippen MR) is 71.3 cm³/mol. The molecule has 1 atom stereocenters. The van der Waals surface area contributed by atoms with Crippen LogP contribution in [0.2, 0.25) is 0 Å². The van der Waals surface area contributed by atoms with Gasteiger partial charge in [-0.05, 0) is 25.2 Å². The van der Waals surface area contributed by atoms with Gasteiger partial charge in [0.1, 0.15) is 0 Å². The van der Waals surface area contributed by atoms with Crippen molar-refractivity contribution in [3.63, 3.8) is 0 Å². The van der Waals surface area contributed by atoms with Crippen LogP contribution in [-0.2, 0) is 9.53 Å². The molecule has 0 bridgehead atoms. The number of amides is 1. The third-order valence-electron chi connectivity index (χ3n) is 3.16. The summed E-state index contributed by atoms with van der Waals surface area (Å²) in [4.78, 5) is 11.7. The molecule has 1 rings (SSSR count). The molecule has 0 aromatic carbocycles. The average Bonchev–Trinajstić information content (AvgIpc) is 2.34. The molecular formula is C12H25ClN2O2. The number of carbonyl (C=O) groups excluding carboxylic acids is 1. The quantitative estimate of drug-likeness (QED) is 0.714. The first-order valence-corrected chi connectivity index (χ1v) is 6.36. The van der Waals surface area contributed by atoms with Crippen LogP contribution in [0.25, 0.3) is 0 Å². The van der Waals surface area contributed by atoms with Gasteiger partial charge >= 0.3 is 0 Å². The molecule has 0 aromatic rings. The van der Waals surface area contributed by atoms with Crippen LogP contribution in [0.5, 0.6) is 0 Å². The SMILES string of the molecule is CCCCCNC(=O)C(N)C1CCOCC1.Cl. The lowest BCUT2D eigenvalue weighted by Gasteiger charge is -2.26. The Balaban J connectivity index is 0.00000256. The highest BCUT2D eigenvalue weighted by atomic mass is 35.5. The van der Waals surface area contributed by atoms with Crippen LogP contribution >= 0.6 is 12.4 Å². The molecule has 1 aliphatic heterocycles. The number of ether oxygens (including phenoxy) is 1. The van der Waals surface area contributed by atoms with E-state index in [0.717, 1.165) is 45.4 Å². The van der Waals surface area contributed by atoms with Gasteiger partial charge in [0, 0.05) is 19.8 Å². The highest BCUT2D eigenvalue weighted by Gasteiger charge is 2.25. The maximum absolute atomic E-state index is 11.7. The minimum atomic E-state index is -0.356. The summed E-state index contributed by atoms with van der Waals surface area (Å²) < 4.78 is 5.26. The standard InChI is InChI=1S/C12H24N2O2.ClH/c1-2-3-4-7-14-12(15)11(13)10-5-8-16-9-6-10;/h10-11H,2-9,13H2,1H3,(H,14,15);1H. The van der Waals surface area contributed by atoms with Crippen molar-refractivity contribution in [1.29, 1.82) is 0 Å². The van der Waals surface area contributed by atoms with Gasteiger partial charge in [-0.25, -0.2) is 0 Å². The van der Waals surface area contributed by atoms with Crippen LogP contribution in [0, 0.1) is 5.92 Å². The smallest absolute Gasteiger partial charge is 0.237 e. The van der Waals surface area contributed by atoms with Gasteiger partial charge in [0.05, 0.1) is 6.04 Å². The summed E-state index contributed by atoms with van der Waals surface area (Å²) >= 11 is 0. The maximum atomic E-state index is 11.7. The summed E-state index contributed by atoms with van der Waals surface area (Å²) in [5, 5.41) is 2.91. The summed E-state index contributed by atoms with van der Waals surface area (Å²) in [5.41, 5.74) is 5.94. The fourth-order valence-electron chi connectivity index (χ4n) is 1.99. The van der Waals surface area contributed by atoms with Crippen LogP contribution in [0.4, 0.5) is 0 Å². The predicted octanol–water partition coefficient (Wildman–Crippen LogP) is 1.47. The number of hydrogen-bond donors (Lipinski definition) is 2. The van der Waals surface area contributed by atoms with Gasteiger partial charge in [-0.1, -0.05) is 19.8 Å². The van der Waals surface area contributed by atoms with Crippen molar-refractivity contribution in [2.75, 3.05) is 19.8 Å². The number of nitrogens with one attached hydrogen (secondary N) is 1. The van der Waals surface area contributed by atoms with Gasteiger partial charge in [0.2, 0.25) is 5.91 Å². The molecule has 5 heteroatoms. The fraction of sp³-hybridized carbons (Fsp3) is 0.917. The molecule has 1 fully saturated rings. The Morgan fingerprint density at radius 1 is 1.41 bits per heavy atom. The molecule has 4 nitrogen and oxygen atoms in total. The Morgan fingerprint density at radius 3 is 2.65 bits per heavy atom. The van der Waals surface area contributed by atoms with E-state index >= 15 is 0 Å². The molecule has 17 heavy (non-hydrogen) atoms. The monoisotopic (exact) mass is 264 g/mol. The molecule has 0 aromatic heterocycles. The normalized spacial score (nSPS) is 18.2. The number of carbonyl (C=O) groups is 1. The third kappa shape index (κ3) is 6.24. The molecule has 0 radical (unpaired) electrons. The zero-order valence-electron chi connectivity index (χ0n) is 10.6. The van der Waals surface area contributed by atoms with E-state index in [1.807, 2.05) is 0 Å². The van der Waals surface area contributed by atoms with E-state index in [9.17, 15) is 4.79 Å². The Kier molecular flexibility index (Phi) is 9.50. The van der Waals surface area contributed by atoms with E-state index in [1.54, 1.807) is 0 Å². The van der Waals surface area contributed by atoms with Crippen molar-refractivity contribution < 1.29 is 9.53 Å². The molecule has 1 amide bonds. The van der Waals surface area contributed by atoms with E-state index in [4.69, 9.17) is 10.5 Å². The van der Waals surface area contributed by atoms with Gasteiger partial charge in [0.25, 0.3) is 0 Å². The van der Waals surface area contributed by atoms with Crippen molar-refractivity contribution in [3.05, 3.63) is 0 Å². The second-order valence-corrected chi connectivity index (χ2v) is 4.47. The highest BCUT2D eigenvalue weighted by molar-refractivity contribution is 5.85. The van der Waals surface area contributed by atoms with Gasteiger partial charge in [-0.15, -0.1) is 12.4 Å². The molecule has 102 valence electrons. The Hall–Kier alpha value is -0.320. The first-order chi connectivity index (χ1) is 7.75. The number of nitrogens with two attached hydrogens (primary N) is 1. The zero-order valence-corrected chi connectivity index (χ0v) is 11.4. The van der Waals surface area contributed by atoms with Gasteiger partial charge in [0.15, 0.2) is 0 Å². The summed E-state index contributed by atoms with van der Waals surface area (Å²) in [7, 11) is 0. The largest absolute Gasteiger partial charge is 0.381 e. The van der Waals surface area contributed by atoms with E-state index in [-0.39, 0.29) is 24.4 Å². The number of unbranched alkanes of at least 4 members (excludes halogenated alkanes) is 2. The van der Waals surface area contributed by atoms with E-state index in [1.165, 1.54) is 6.42 Å². The molecule has 3 N–H and O–H groups in total. The molecule has 0 spiro atoms. The minimum absolute atomic E-state index is 0. The van der Waals surface area contributed by atoms with E-state index < -0.39 is 0 Å². The Morgan fingerprint density at radius 2 is 2.06 bits per heavy atom. The van der Waals surface area contributed by atoms with Crippen molar-refractivity contribution in [2.45, 2.75) is 45.1 Å². The van der Waals surface area contributed by atoms with Gasteiger partial charge in [-0.3, -0.25) is 4.79 Å². The minimum Gasteiger partial charge on any atom is -0.381 e. The molecule has 0 saturated carbocycles. The molecule has 1 saturated heterocycles. The molecule has 1 aliphatic rings. The van der Waals surface area contributed by atoms with Gasteiger partial charge in [-0.2, -0.15) is 0 Å². The second kappa shape index (κ2) is 9.68. The molecule has 0 aliphatic carbocycles. The zero-order chi connectivity index (χ0) is 11.8. The number of rotatable bonds is 6. The molecular weight excluding hydrogens is 240 g/mol. The molecule has 1 unspecified atom stereocenters. The van der Waals surface area contributed by atoms with Crippen molar-refractivity contribution >= 4 is 18.3 Å². The lowest BCUT2D eigenvalue weighted by molar-refractivity contribution is -0.124. The van der Waals surface area contributed by atoms with Crippen molar-refractivity contribution in [2.24, 2.45) is 11.7 Å². The summed E-state index contributed by atoms with van der Waals surface area (Å²) in [5.74, 6) is 0.294. The van der Waals surface area contributed by atoms with Crippen LogP contribution in [-0.4, -0.2) is 31.7 Å². The van der Waals surface area contributed by atoms with Crippen molar-refractivity contribution in [3.8, 4) is 0 Å². The summed E-state index contributed by atoms with van der Waals surface area (Å²) in [6.45, 7) is 4.38. The van der Waals surface area contributed by atoms with E-state index in [0.29, 0.717) is 5.92 Å². The number of hydrogen-bond acceptors (Lipinski definition) is 3.